The van der Waals surface area contributed by atoms with Gasteiger partial charge in [0.05, 0.1) is 23.1 Å². The van der Waals surface area contributed by atoms with Gasteiger partial charge in [-0.3, -0.25) is 9.36 Å². The summed E-state index contributed by atoms with van der Waals surface area (Å²) < 4.78 is 81.0. The van der Waals surface area contributed by atoms with Gasteiger partial charge in [-0.2, -0.15) is 31.4 Å². The maximum atomic E-state index is 13.6. The van der Waals surface area contributed by atoms with Gasteiger partial charge in [0.2, 0.25) is 0 Å². The maximum absolute atomic E-state index is 13.6. The van der Waals surface area contributed by atoms with Crippen LogP contribution in [0.4, 0.5) is 26.3 Å². The van der Waals surface area contributed by atoms with Crippen LogP contribution in [-0.4, -0.2) is 64.2 Å². The largest absolute Gasteiger partial charge is 0.493 e. The Hall–Kier alpha value is -3.87. The Bertz CT molecular complexity index is 1360. The van der Waals surface area contributed by atoms with E-state index in [0.29, 0.717) is 36.7 Å². The number of carbonyl (C=O) groups is 2. The van der Waals surface area contributed by atoms with Crippen molar-refractivity contribution in [3.63, 3.8) is 0 Å². The van der Waals surface area contributed by atoms with Crippen LogP contribution in [0, 0.1) is 5.92 Å². The van der Waals surface area contributed by atoms with Gasteiger partial charge in [0.25, 0.3) is 5.91 Å². The van der Waals surface area contributed by atoms with Crippen molar-refractivity contribution in [2.24, 2.45) is 5.92 Å². The number of nitrogens with zero attached hydrogens (tertiary/aromatic N) is 4. The number of piperidine rings is 1. The van der Waals surface area contributed by atoms with Crippen molar-refractivity contribution in [1.82, 2.24) is 19.5 Å². The molecule has 1 fully saturated rings. The smallest absolute Gasteiger partial charge is 0.329 e. The van der Waals surface area contributed by atoms with Crippen LogP contribution in [0.2, 0.25) is 0 Å². The monoisotopic (exact) mass is 554 g/mol. The van der Waals surface area contributed by atoms with Crippen molar-refractivity contribution in [3.8, 4) is 5.69 Å². The number of para-hydroxylation sites is 1. The molecule has 0 radical (unpaired) electrons. The second kappa shape index (κ2) is 11.1. The standard InChI is InChI=1S/C26H24F6N4O3/c1-34-11-9-17(10-12-34)15-36(39-24(38)26(30,31)32)22(37)8-7-18-13-19(25(27,28)29)14-21-23(18)35(16-33-21)20-5-3-2-4-6-20/h2-8,13-14,16-17H,9-12,15H2,1H3/b8-7-. The van der Waals surface area contributed by atoms with Crippen molar-refractivity contribution in [3.05, 3.63) is 66.0 Å². The fraction of sp³-hybridized carbons (Fsp3) is 0.346. The first-order valence-electron chi connectivity index (χ1n) is 11.9. The summed E-state index contributed by atoms with van der Waals surface area (Å²) in [5.41, 5.74) is -0.258. The van der Waals surface area contributed by atoms with Gasteiger partial charge in [0.1, 0.15) is 6.33 Å². The van der Waals surface area contributed by atoms with Gasteiger partial charge in [-0.05, 0) is 69.2 Å². The molecule has 2 aromatic carbocycles. The minimum Gasteiger partial charge on any atom is -0.329 e. The lowest BCUT2D eigenvalue weighted by Crippen LogP contribution is -2.42. The van der Waals surface area contributed by atoms with E-state index < -0.39 is 29.8 Å². The van der Waals surface area contributed by atoms with E-state index in [1.54, 1.807) is 30.3 Å². The Morgan fingerprint density at radius 2 is 1.74 bits per heavy atom. The third-order valence-corrected chi connectivity index (χ3v) is 6.37. The Morgan fingerprint density at radius 1 is 1.08 bits per heavy atom. The zero-order chi connectivity index (χ0) is 28.4. The molecular formula is C26H24F6N4O3. The van der Waals surface area contributed by atoms with E-state index in [0.717, 1.165) is 24.3 Å². The number of hydrogen-bond donors (Lipinski definition) is 0. The lowest BCUT2D eigenvalue weighted by molar-refractivity contribution is -0.237. The van der Waals surface area contributed by atoms with Gasteiger partial charge in [0.15, 0.2) is 0 Å². The van der Waals surface area contributed by atoms with Crippen LogP contribution < -0.4 is 0 Å². The van der Waals surface area contributed by atoms with Gasteiger partial charge in [-0.15, -0.1) is 0 Å². The molecule has 1 aliphatic rings. The van der Waals surface area contributed by atoms with E-state index in [2.05, 4.69) is 9.82 Å². The second-order valence-corrected chi connectivity index (χ2v) is 9.24. The number of carbonyl (C=O) groups excluding carboxylic acids is 2. The third kappa shape index (κ3) is 6.77. The third-order valence-electron chi connectivity index (χ3n) is 6.37. The van der Waals surface area contributed by atoms with Crippen LogP contribution in [0.1, 0.15) is 24.0 Å². The molecule has 7 nitrogen and oxygen atoms in total. The summed E-state index contributed by atoms with van der Waals surface area (Å²) in [5.74, 6) is -3.93. The maximum Gasteiger partial charge on any atom is 0.493 e. The second-order valence-electron chi connectivity index (χ2n) is 9.24. The molecule has 0 unspecified atom stereocenters. The highest BCUT2D eigenvalue weighted by molar-refractivity contribution is 5.96. The molecule has 13 heteroatoms. The zero-order valence-corrected chi connectivity index (χ0v) is 20.7. The number of hydrogen-bond acceptors (Lipinski definition) is 5. The number of imidazole rings is 1. The summed E-state index contributed by atoms with van der Waals surface area (Å²) in [6, 6.07) is 10.3. The number of amides is 1. The Morgan fingerprint density at radius 3 is 2.36 bits per heavy atom. The predicted octanol–water partition coefficient (Wildman–Crippen LogP) is 5.25. The van der Waals surface area contributed by atoms with E-state index >= 15 is 0 Å². The molecule has 3 aromatic rings. The highest BCUT2D eigenvalue weighted by Gasteiger charge is 2.43. The molecule has 0 aliphatic carbocycles. The van der Waals surface area contributed by atoms with Crippen LogP contribution in [0.5, 0.6) is 0 Å². The average molecular weight is 554 g/mol. The Balaban J connectivity index is 1.70. The summed E-state index contributed by atoms with van der Waals surface area (Å²) in [4.78, 5) is 35.0. The highest BCUT2D eigenvalue weighted by atomic mass is 19.4. The minimum atomic E-state index is -5.34. The first-order valence-corrected chi connectivity index (χ1v) is 11.9. The highest BCUT2D eigenvalue weighted by Crippen LogP contribution is 2.34. The van der Waals surface area contributed by atoms with Crippen molar-refractivity contribution >= 4 is 29.0 Å². The molecule has 208 valence electrons. The van der Waals surface area contributed by atoms with E-state index in [9.17, 15) is 35.9 Å². The molecule has 0 N–H and O–H groups in total. The van der Waals surface area contributed by atoms with Crippen LogP contribution in [0.15, 0.2) is 54.9 Å². The van der Waals surface area contributed by atoms with Crippen molar-refractivity contribution < 1.29 is 40.8 Å². The molecule has 1 amide bonds. The molecule has 39 heavy (non-hydrogen) atoms. The molecule has 1 aromatic heterocycles. The van der Waals surface area contributed by atoms with E-state index in [-0.39, 0.29) is 29.1 Å². The van der Waals surface area contributed by atoms with E-state index in [1.807, 2.05) is 11.9 Å². The van der Waals surface area contributed by atoms with Gasteiger partial charge in [0, 0.05) is 17.3 Å². The van der Waals surface area contributed by atoms with Crippen molar-refractivity contribution in [1.29, 1.82) is 0 Å². The fourth-order valence-electron chi connectivity index (χ4n) is 4.30. The van der Waals surface area contributed by atoms with E-state index in [4.69, 9.17) is 0 Å². The summed E-state index contributed by atoms with van der Waals surface area (Å²) in [6.07, 6.45) is -5.79. The summed E-state index contributed by atoms with van der Waals surface area (Å²) in [5, 5.41) is 0.321. The number of aromatic nitrogens is 2. The molecule has 1 aliphatic heterocycles. The lowest BCUT2D eigenvalue weighted by Gasteiger charge is -2.31. The zero-order valence-electron chi connectivity index (χ0n) is 20.7. The molecule has 4 rings (SSSR count). The molecular weight excluding hydrogens is 530 g/mol. The minimum absolute atomic E-state index is 0.00698. The molecule has 1 saturated heterocycles. The van der Waals surface area contributed by atoms with Gasteiger partial charge in [-0.25, -0.2) is 9.78 Å². The number of alkyl halides is 6. The van der Waals surface area contributed by atoms with Crippen LogP contribution in [0.25, 0.3) is 22.8 Å². The van der Waals surface area contributed by atoms with Crippen molar-refractivity contribution in [2.45, 2.75) is 25.2 Å². The Kier molecular flexibility index (Phi) is 8.00. The van der Waals surface area contributed by atoms with Crippen LogP contribution in [-0.2, 0) is 20.6 Å². The number of benzene rings is 2. The first-order chi connectivity index (χ1) is 18.3. The van der Waals surface area contributed by atoms with Gasteiger partial charge < -0.3 is 9.74 Å². The molecule has 2 heterocycles. The summed E-state index contributed by atoms with van der Waals surface area (Å²) in [6.45, 7) is 0.988. The molecule has 0 spiro atoms. The Labute approximate surface area is 219 Å². The van der Waals surface area contributed by atoms with Crippen LogP contribution in [0.3, 0.4) is 0 Å². The fourth-order valence-corrected chi connectivity index (χ4v) is 4.30. The predicted molar refractivity (Wildman–Crippen MR) is 129 cm³/mol. The topological polar surface area (TPSA) is 67.7 Å². The number of hydroxylamine groups is 2. The molecule has 0 bridgehead atoms. The van der Waals surface area contributed by atoms with Crippen LogP contribution >= 0.6 is 0 Å². The molecule has 0 atom stereocenters. The number of halogens is 6. The molecule has 0 saturated carbocycles. The number of fused-ring (bicyclic) bond motifs is 1. The first kappa shape index (κ1) is 28.1. The quantitative estimate of drug-likeness (QED) is 0.245. The average Bonchev–Trinajstić information content (AvgIpc) is 3.32. The normalized spacial score (nSPS) is 15.7. The van der Waals surface area contributed by atoms with Crippen molar-refractivity contribution in [2.75, 3.05) is 26.7 Å². The summed E-state index contributed by atoms with van der Waals surface area (Å²) >= 11 is 0. The van der Waals surface area contributed by atoms with Gasteiger partial charge >= 0.3 is 18.3 Å². The summed E-state index contributed by atoms with van der Waals surface area (Å²) in [7, 11) is 1.88. The SMILES string of the molecule is CN1CCC(CN(OC(=O)C(F)(F)F)C(=O)/C=C\c2cc(C(F)(F)F)cc3ncn(-c4ccccc4)c23)CC1. The number of likely N-dealkylation sites (tertiary alicyclic amines) is 1. The lowest BCUT2D eigenvalue weighted by atomic mass is 9.97. The van der Waals surface area contributed by atoms with Gasteiger partial charge in [-0.1, -0.05) is 18.2 Å². The van der Waals surface area contributed by atoms with E-state index in [1.165, 1.54) is 10.9 Å². The number of rotatable bonds is 5.